The Morgan fingerprint density at radius 3 is 2.23 bits per heavy atom. The van der Waals surface area contributed by atoms with Crippen LogP contribution in [0, 0.1) is 17.8 Å². The number of carbonyl (C=O) groups is 3. The van der Waals surface area contributed by atoms with Crippen LogP contribution in [0.1, 0.15) is 95.1 Å². The van der Waals surface area contributed by atoms with Crippen LogP contribution < -0.4 is 10.6 Å². The number of aryl methyl sites for hydroxylation is 1. The number of benzene rings is 1. The number of amides is 2. The van der Waals surface area contributed by atoms with Crippen molar-refractivity contribution in [2.75, 3.05) is 38.5 Å². The second-order valence-corrected chi connectivity index (χ2v) is 13.3. The van der Waals surface area contributed by atoms with Gasteiger partial charge in [-0.05, 0) is 75.8 Å². The molecule has 9 heteroatoms. The Morgan fingerprint density at radius 1 is 0.955 bits per heavy atom. The molecule has 2 aromatic rings. The first-order valence-electron chi connectivity index (χ1n) is 16.8. The molecular formula is C35H54N6O3. The first-order chi connectivity index (χ1) is 21.1. The van der Waals surface area contributed by atoms with Crippen molar-refractivity contribution in [1.82, 2.24) is 24.9 Å². The van der Waals surface area contributed by atoms with Crippen LogP contribution in [0.5, 0.6) is 0 Å². The third-order valence-electron chi connectivity index (χ3n) is 10.0. The van der Waals surface area contributed by atoms with E-state index in [1.165, 1.54) is 0 Å². The Balaban J connectivity index is 1.47. The van der Waals surface area contributed by atoms with Crippen LogP contribution in [-0.4, -0.2) is 82.5 Å². The van der Waals surface area contributed by atoms with Gasteiger partial charge in [0.05, 0.1) is 6.04 Å². The maximum Gasteiger partial charge on any atom is 0.240 e. The number of nitrogens with one attached hydrogen (secondary N) is 2. The van der Waals surface area contributed by atoms with E-state index < -0.39 is 0 Å². The second-order valence-electron chi connectivity index (χ2n) is 13.3. The van der Waals surface area contributed by atoms with E-state index in [1.54, 1.807) is 16.9 Å². The SMILES string of the molecule is CCC(C)N[C@@H](C(=O)N1CCN(C)CC1)[C@@H](C)c1ccc(NC(=O)[C@@H](CC(=O)c2ccnn2CC)C2CCC(C)CC2)cc1. The van der Waals surface area contributed by atoms with E-state index in [0.717, 1.165) is 63.8 Å². The average Bonchev–Trinajstić information content (AvgIpc) is 3.52. The monoisotopic (exact) mass is 606 g/mol. The number of aromatic nitrogens is 2. The number of hydrogen-bond donors (Lipinski definition) is 2. The molecule has 1 aromatic heterocycles. The van der Waals surface area contributed by atoms with Gasteiger partial charge >= 0.3 is 0 Å². The third-order valence-corrected chi connectivity index (χ3v) is 10.0. The number of anilines is 1. The molecule has 2 N–H and O–H groups in total. The number of rotatable bonds is 13. The molecule has 2 amide bonds. The summed E-state index contributed by atoms with van der Waals surface area (Å²) in [5, 5.41) is 11.0. The smallest absolute Gasteiger partial charge is 0.240 e. The van der Waals surface area contributed by atoms with E-state index in [4.69, 9.17) is 0 Å². The fourth-order valence-corrected chi connectivity index (χ4v) is 6.66. The van der Waals surface area contributed by atoms with Gasteiger partial charge in [-0.25, -0.2) is 0 Å². The van der Waals surface area contributed by atoms with Crippen LogP contribution >= 0.6 is 0 Å². The average molecular weight is 607 g/mol. The molecule has 9 nitrogen and oxygen atoms in total. The van der Waals surface area contributed by atoms with Crippen LogP contribution in [0.25, 0.3) is 0 Å². The fraction of sp³-hybridized carbons (Fsp3) is 0.657. The van der Waals surface area contributed by atoms with Crippen molar-refractivity contribution in [2.45, 2.75) is 97.7 Å². The van der Waals surface area contributed by atoms with E-state index >= 15 is 0 Å². The normalized spacial score (nSPS) is 22.2. The van der Waals surface area contributed by atoms with Crippen molar-refractivity contribution in [3.05, 3.63) is 47.8 Å². The van der Waals surface area contributed by atoms with Crippen molar-refractivity contribution < 1.29 is 14.4 Å². The lowest BCUT2D eigenvalue weighted by Crippen LogP contribution is -2.56. The summed E-state index contributed by atoms with van der Waals surface area (Å²) < 4.78 is 1.71. The van der Waals surface area contributed by atoms with Crippen molar-refractivity contribution in [3.8, 4) is 0 Å². The molecule has 1 aromatic carbocycles. The lowest BCUT2D eigenvalue weighted by Gasteiger charge is -2.37. The highest BCUT2D eigenvalue weighted by Crippen LogP contribution is 2.36. The Bertz CT molecular complexity index is 1230. The molecule has 242 valence electrons. The molecule has 44 heavy (non-hydrogen) atoms. The Hall–Kier alpha value is -3.04. The Labute approximate surface area is 264 Å². The van der Waals surface area contributed by atoms with Crippen LogP contribution in [0.3, 0.4) is 0 Å². The van der Waals surface area contributed by atoms with Crippen LogP contribution in [0.2, 0.25) is 0 Å². The van der Waals surface area contributed by atoms with E-state index in [0.29, 0.717) is 23.8 Å². The number of nitrogens with zero attached hydrogens (tertiary/aromatic N) is 4. The maximum atomic E-state index is 13.8. The van der Waals surface area contributed by atoms with Gasteiger partial charge in [-0.3, -0.25) is 19.1 Å². The van der Waals surface area contributed by atoms with E-state index in [-0.39, 0.29) is 53.9 Å². The number of ketones is 1. The molecule has 4 atom stereocenters. The summed E-state index contributed by atoms with van der Waals surface area (Å²) in [4.78, 5) is 45.1. The van der Waals surface area contributed by atoms with E-state index in [2.05, 4.69) is 55.4 Å². The summed E-state index contributed by atoms with van der Waals surface area (Å²) in [6.07, 6.45) is 6.86. The van der Waals surface area contributed by atoms with Gasteiger partial charge in [0.2, 0.25) is 11.8 Å². The molecule has 1 aliphatic heterocycles. The predicted molar refractivity (Wildman–Crippen MR) is 176 cm³/mol. The minimum Gasteiger partial charge on any atom is -0.339 e. The largest absolute Gasteiger partial charge is 0.339 e. The summed E-state index contributed by atoms with van der Waals surface area (Å²) in [5.74, 6) is 0.434. The zero-order valence-corrected chi connectivity index (χ0v) is 27.7. The van der Waals surface area contributed by atoms with E-state index in [9.17, 15) is 14.4 Å². The van der Waals surface area contributed by atoms with Crippen molar-refractivity contribution >= 4 is 23.3 Å². The number of piperazine rings is 1. The molecular weight excluding hydrogens is 552 g/mol. The van der Waals surface area contributed by atoms with Gasteiger partial charge in [0.1, 0.15) is 5.69 Å². The van der Waals surface area contributed by atoms with Crippen LogP contribution in [0.4, 0.5) is 5.69 Å². The van der Waals surface area contributed by atoms with Gasteiger partial charge in [0.25, 0.3) is 0 Å². The topological polar surface area (TPSA) is 99.6 Å². The van der Waals surface area contributed by atoms with Crippen LogP contribution in [-0.2, 0) is 16.1 Å². The predicted octanol–water partition coefficient (Wildman–Crippen LogP) is 5.19. The molecule has 0 bridgehead atoms. The Kier molecular flexibility index (Phi) is 12.2. The molecule has 1 saturated carbocycles. The standard InChI is InChI=1S/C35H54N6O3/c1-7-25(4)37-33(35(44)40-21-19-39(6)20-22-40)26(5)27-13-15-29(16-14-27)38-34(43)30(28-11-9-24(3)10-12-28)23-32(42)31-17-18-36-41(31)8-2/h13-18,24-26,28,30,33,37H,7-12,19-23H2,1-6H3,(H,38,43)/t24?,25?,26-,28?,30-,33+/m0/s1. The third kappa shape index (κ3) is 8.57. The highest BCUT2D eigenvalue weighted by Gasteiger charge is 2.35. The quantitative estimate of drug-likeness (QED) is 0.305. The van der Waals surface area contributed by atoms with Crippen LogP contribution in [0.15, 0.2) is 36.5 Å². The number of carbonyl (C=O) groups excluding carboxylic acids is 3. The molecule has 2 heterocycles. The molecule has 4 rings (SSSR count). The number of Topliss-reactive ketones (excluding diaryl/α,β-unsaturated/α-hetero) is 1. The number of likely N-dealkylation sites (N-methyl/N-ethyl adjacent to an activating group) is 1. The maximum absolute atomic E-state index is 13.8. The molecule has 1 aliphatic carbocycles. The first-order valence-corrected chi connectivity index (χ1v) is 16.8. The zero-order chi connectivity index (χ0) is 31.8. The minimum absolute atomic E-state index is 0.0304. The van der Waals surface area contributed by atoms with Crippen molar-refractivity contribution in [2.24, 2.45) is 17.8 Å². The molecule has 1 saturated heterocycles. The van der Waals surface area contributed by atoms with Gasteiger partial charge in [-0.15, -0.1) is 0 Å². The summed E-state index contributed by atoms with van der Waals surface area (Å²) in [7, 11) is 2.09. The summed E-state index contributed by atoms with van der Waals surface area (Å²) in [5.41, 5.74) is 2.33. The summed E-state index contributed by atoms with van der Waals surface area (Å²) in [6, 6.07) is 9.54. The van der Waals surface area contributed by atoms with Crippen molar-refractivity contribution in [3.63, 3.8) is 0 Å². The highest BCUT2D eigenvalue weighted by atomic mass is 16.2. The summed E-state index contributed by atoms with van der Waals surface area (Å²) >= 11 is 0. The van der Waals surface area contributed by atoms with E-state index in [1.807, 2.05) is 36.1 Å². The molecule has 2 fully saturated rings. The first kappa shape index (κ1) is 33.8. The van der Waals surface area contributed by atoms with Crippen molar-refractivity contribution in [1.29, 1.82) is 0 Å². The second kappa shape index (κ2) is 15.8. The fourth-order valence-electron chi connectivity index (χ4n) is 6.66. The number of hydrogen-bond acceptors (Lipinski definition) is 6. The molecule has 2 aliphatic rings. The van der Waals surface area contributed by atoms with Gasteiger partial charge in [0.15, 0.2) is 5.78 Å². The summed E-state index contributed by atoms with van der Waals surface area (Å²) in [6.45, 7) is 14.5. The zero-order valence-electron chi connectivity index (χ0n) is 27.7. The van der Waals surface area contributed by atoms with Gasteiger partial charge in [0, 0.05) is 68.9 Å². The van der Waals surface area contributed by atoms with Gasteiger partial charge in [-0.1, -0.05) is 45.7 Å². The highest BCUT2D eigenvalue weighted by molar-refractivity contribution is 6.00. The van der Waals surface area contributed by atoms with Gasteiger partial charge < -0.3 is 20.4 Å². The lowest BCUT2D eigenvalue weighted by molar-refractivity contribution is -0.135. The Morgan fingerprint density at radius 2 is 1.61 bits per heavy atom. The van der Waals surface area contributed by atoms with Gasteiger partial charge in [-0.2, -0.15) is 5.10 Å². The molecule has 0 spiro atoms. The lowest BCUT2D eigenvalue weighted by atomic mass is 9.74. The minimum atomic E-state index is -0.390. The molecule has 0 radical (unpaired) electrons. The molecule has 1 unspecified atom stereocenters.